The van der Waals surface area contributed by atoms with Crippen LogP contribution in [0.4, 0.5) is 5.69 Å². The number of anilines is 1. The monoisotopic (exact) mass is 569 g/mol. The second-order valence-corrected chi connectivity index (χ2v) is 12.7. The molecule has 1 unspecified atom stereocenters. The summed E-state index contributed by atoms with van der Waals surface area (Å²) in [6.07, 6.45) is 10.2. The fourth-order valence-electron chi connectivity index (χ4n) is 5.93. The first-order chi connectivity index (χ1) is 18.9. The second-order valence-electron chi connectivity index (χ2n) is 11.1. The first-order valence-electron chi connectivity index (χ1n) is 14.0. The van der Waals surface area contributed by atoms with Gasteiger partial charge in [-0.05, 0) is 97.2 Å². The highest BCUT2D eigenvalue weighted by Crippen LogP contribution is 2.42. The van der Waals surface area contributed by atoms with Gasteiger partial charge in [0.2, 0.25) is 0 Å². The van der Waals surface area contributed by atoms with E-state index < -0.39 is 16.9 Å². The smallest absolute Gasteiger partial charge is 0.142 e. The second kappa shape index (κ2) is 12.9. The molecule has 1 fully saturated rings. The summed E-state index contributed by atoms with van der Waals surface area (Å²) in [7, 11) is 0.197. The first-order valence-corrected chi connectivity index (χ1v) is 15.7. The fraction of sp³-hybridized carbons (Fsp3) is 0.516. The Labute approximate surface area is 239 Å². The van der Waals surface area contributed by atoms with Crippen molar-refractivity contribution >= 4 is 34.2 Å². The largest absolute Gasteiger partial charge is 0.858 e. The van der Waals surface area contributed by atoms with Gasteiger partial charge in [-0.2, -0.15) is 0 Å². The van der Waals surface area contributed by atoms with Crippen LogP contribution in [0.15, 0.2) is 52.9 Å². The van der Waals surface area contributed by atoms with Crippen LogP contribution < -0.4 is 14.7 Å². The van der Waals surface area contributed by atoms with Gasteiger partial charge in [-0.3, -0.25) is 0 Å². The molecule has 2 heterocycles. The maximum atomic E-state index is 13.1. The molecule has 2 aromatic carbocycles. The number of hydrogen-bond acceptors (Lipinski definition) is 5. The number of nitrogens with zero attached hydrogens (tertiary/aromatic N) is 2. The third-order valence-electron chi connectivity index (χ3n) is 8.28. The van der Waals surface area contributed by atoms with E-state index in [-0.39, 0.29) is 12.0 Å². The molecule has 2 aromatic rings. The van der Waals surface area contributed by atoms with Gasteiger partial charge in [-0.15, -0.1) is 0 Å². The Bertz CT molecular complexity index is 1250. The van der Waals surface area contributed by atoms with Crippen molar-refractivity contribution in [1.29, 1.82) is 0 Å². The van der Waals surface area contributed by atoms with Gasteiger partial charge >= 0.3 is 0 Å². The molecular weight excluding hydrogens is 532 g/mol. The average molecular weight is 570 g/mol. The topological polar surface area (TPSA) is 74.2 Å². The molecule has 8 heteroatoms. The predicted molar refractivity (Wildman–Crippen MR) is 157 cm³/mol. The number of hydrogen-bond donors (Lipinski definition) is 0. The van der Waals surface area contributed by atoms with E-state index in [1.807, 2.05) is 25.1 Å². The summed E-state index contributed by atoms with van der Waals surface area (Å²) >= 11 is 6.40. The van der Waals surface area contributed by atoms with Crippen molar-refractivity contribution < 1.29 is 18.8 Å². The lowest BCUT2D eigenvalue weighted by Gasteiger charge is -2.43. The van der Waals surface area contributed by atoms with Crippen molar-refractivity contribution in [3.63, 3.8) is 0 Å². The Morgan fingerprint density at radius 3 is 2.82 bits per heavy atom. The molecule has 2 aliphatic heterocycles. The van der Waals surface area contributed by atoms with Crippen LogP contribution in [0.1, 0.15) is 55.7 Å². The van der Waals surface area contributed by atoms with Gasteiger partial charge < -0.3 is 19.5 Å². The van der Waals surface area contributed by atoms with Gasteiger partial charge in [0.25, 0.3) is 0 Å². The van der Waals surface area contributed by atoms with E-state index in [1.165, 1.54) is 11.1 Å². The number of benzene rings is 2. The molecule has 2 bridgehead atoms. The van der Waals surface area contributed by atoms with Crippen LogP contribution in [0.5, 0.6) is 5.75 Å². The number of aryl methyl sites for hydroxylation is 1. The van der Waals surface area contributed by atoms with Crippen LogP contribution in [0.25, 0.3) is 0 Å². The highest BCUT2D eigenvalue weighted by Gasteiger charge is 2.37. The summed E-state index contributed by atoms with van der Waals surface area (Å²) < 4.78 is 29.0. The van der Waals surface area contributed by atoms with Gasteiger partial charge in [0.05, 0.1) is 18.4 Å². The van der Waals surface area contributed by atoms with Gasteiger partial charge in [-0.25, -0.2) is 8.61 Å². The molecule has 5 rings (SSSR count). The van der Waals surface area contributed by atoms with Gasteiger partial charge in [0.15, 0.2) is 0 Å². The number of ether oxygens (including phenoxy) is 2. The minimum atomic E-state index is -1.59. The van der Waals surface area contributed by atoms with Crippen LogP contribution in [-0.2, 0) is 28.7 Å². The van der Waals surface area contributed by atoms with Crippen LogP contribution in [0.3, 0.4) is 0 Å². The molecule has 0 saturated heterocycles. The lowest BCUT2D eigenvalue weighted by molar-refractivity contribution is -0.212. The summed E-state index contributed by atoms with van der Waals surface area (Å²) in [4.78, 5) is 2.35. The zero-order valence-electron chi connectivity index (χ0n) is 22.8. The maximum Gasteiger partial charge on any atom is 0.142 e. The molecule has 1 saturated carbocycles. The van der Waals surface area contributed by atoms with E-state index in [0.29, 0.717) is 36.3 Å². The summed E-state index contributed by atoms with van der Waals surface area (Å²) in [5, 5.41) is 13.9. The van der Waals surface area contributed by atoms with E-state index in [4.69, 9.17) is 21.1 Å². The van der Waals surface area contributed by atoms with Gasteiger partial charge in [0.1, 0.15) is 16.7 Å². The number of rotatable bonds is 1. The molecule has 3 aliphatic rings. The van der Waals surface area contributed by atoms with Crippen molar-refractivity contribution in [1.82, 2.24) is 0 Å². The maximum absolute atomic E-state index is 13.1. The van der Waals surface area contributed by atoms with E-state index in [9.17, 15) is 9.32 Å². The van der Waals surface area contributed by atoms with Crippen LogP contribution in [0, 0.1) is 17.8 Å². The summed E-state index contributed by atoms with van der Waals surface area (Å²) in [6.45, 7) is 4.13. The normalized spacial score (nSPS) is 28.9. The zero-order valence-corrected chi connectivity index (χ0v) is 24.4. The molecule has 6 nitrogen and oxygen atoms in total. The van der Waals surface area contributed by atoms with Crippen LogP contribution >= 0.6 is 11.6 Å². The fourth-order valence-corrected chi connectivity index (χ4v) is 7.11. The van der Waals surface area contributed by atoms with Gasteiger partial charge in [0, 0.05) is 36.9 Å². The lowest BCUT2D eigenvalue weighted by atomic mass is 9.70. The zero-order chi connectivity index (χ0) is 27.4. The van der Waals surface area contributed by atoms with E-state index >= 15 is 0 Å². The Kier molecular flexibility index (Phi) is 9.31. The molecule has 0 aromatic heterocycles. The van der Waals surface area contributed by atoms with Crippen molar-refractivity contribution in [2.45, 2.75) is 58.1 Å². The van der Waals surface area contributed by atoms with E-state index in [1.54, 1.807) is 13.2 Å². The Morgan fingerprint density at radius 1 is 1.15 bits per heavy atom. The first kappa shape index (κ1) is 28.2. The Balaban J connectivity index is 1.60. The highest BCUT2D eigenvalue weighted by molar-refractivity contribution is 7.83. The summed E-state index contributed by atoms with van der Waals surface area (Å²) in [6, 6.07) is 11.7. The quantitative estimate of drug-likeness (QED) is 0.426. The van der Waals surface area contributed by atoms with E-state index in [0.717, 1.165) is 61.5 Å². The minimum absolute atomic E-state index is 0.0395. The standard InChI is InChI=1S/C31H39ClN2O4S/c1-21-6-5-8-29(37-2)27-13-10-25(27)19-34-18-24-9-12-26(32)16-22(24)7-3-4-15-38-30-14-11-23(17-28(30)34)31(35)33-39(36)20-21/h5,8-9,11-12,14,16-17,21,25,27,29H,3-4,6-7,10,13,15,18-20H2,1-2H3,(H,33,35)/p-1/b8-5+/t21-,25-,27+,29-,39?/m0/s1. The molecule has 0 amide bonds. The van der Waals surface area contributed by atoms with Crippen molar-refractivity contribution in [2.75, 3.05) is 30.9 Å². The molecule has 5 atom stereocenters. The number of allylic oxidation sites excluding steroid dienone is 1. The number of methoxy groups -OCH3 is 1. The molecular formula is C31H38ClN2O4S-. The lowest BCUT2D eigenvalue weighted by Crippen LogP contribution is -2.43. The molecule has 39 heavy (non-hydrogen) atoms. The van der Waals surface area contributed by atoms with Crippen LogP contribution in [-0.4, -0.2) is 42.2 Å². The van der Waals surface area contributed by atoms with Gasteiger partial charge in [-0.1, -0.05) is 42.8 Å². The number of halogens is 1. The molecule has 210 valence electrons. The van der Waals surface area contributed by atoms with E-state index in [2.05, 4.69) is 33.6 Å². The van der Waals surface area contributed by atoms with Crippen molar-refractivity contribution in [2.24, 2.45) is 22.2 Å². The molecule has 1 aliphatic carbocycles. The summed E-state index contributed by atoms with van der Waals surface area (Å²) in [5.74, 6) is 1.66. The third kappa shape index (κ3) is 6.87. The van der Waals surface area contributed by atoms with Crippen molar-refractivity contribution in [3.8, 4) is 5.75 Å². The Morgan fingerprint density at radius 2 is 2.03 bits per heavy atom. The predicted octanol–water partition coefficient (Wildman–Crippen LogP) is 5.47. The Hall–Kier alpha value is -2.35. The number of fused-ring (bicyclic) bond motifs is 3. The van der Waals surface area contributed by atoms with Crippen LogP contribution in [0.2, 0.25) is 5.02 Å². The average Bonchev–Trinajstić information content (AvgIpc) is 2.92. The highest BCUT2D eigenvalue weighted by atomic mass is 35.5. The molecule has 0 N–H and O–H groups in total. The molecule has 0 radical (unpaired) electrons. The van der Waals surface area contributed by atoms with Crippen molar-refractivity contribution in [3.05, 3.63) is 70.3 Å². The molecule has 0 spiro atoms. The summed E-state index contributed by atoms with van der Waals surface area (Å²) in [5.41, 5.74) is 3.80. The minimum Gasteiger partial charge on any atom is -0.858 e. The SMILES string of the molecule is CO[C@H]1/C=C/C[C@H](C)CS(=O)N=C([O-])c2ccc3c(c2)N(Cc2ccc(Cl)cc2CCCCO3)C[C@@H]2CC[C@H]21. The third-order valence-corrected chi connectivity index (χ3v) is 9.73.